The second-order valence-electron chi connectivity index (χ2n) is 5.48. The average Bonchev–Trinajstić information content (AvgIpc) is 2.93. The molecule has 6 heteroatoms. The molecule has 19 heavy (non-hydrogen) atoms. The highest BCUT2D eigenvalue weighted by Gasteiger charge is 2.55. The van der Waals surface area contributed by atoms with Crippen LogP contribution >= 0.6 is 11.3 Å². The van der Waals surface area contributed by atoms with E-state index in [0.717, 1.165) is 43.2 Å². The molecule has 5 nitrogen and oxygen atoms in total. The maximum atomic E-state index is 10.1. The van der Waals surface area contributed by atoms with Gasteiger partial charge in [0.1, 0.15) is 0 Å². The van der Waals surface area contributed by atoms with E-state index < -0.39 is 0 Å². The van der Waals surface area contributed by atoms with Crippen molar-refractivity contribution < 1.29 is 14.9 Å². The Balaban J connectivity index is 1.66. The van der Waals surface area contributed by atoms with Crippen molar-refractivity contribution in [1.82, 2.24) is 4.98 Å². The number of nitrogens with zero attached hydrogens (tertiary/aromatic N) is 2. The lowest BCUT2D eigenvalue weighted by molar-refractivity contribution is -0.190. The third kappa shape index (κ3) is 2.07. The molecule has 2 aliphatic rings. The van der Waals surface area contributed by atoms with E-state index in [1.54, 1.807) is 18.4 Å². The zero-order valence-electron chi connectivity index (χ0n) is 11.1. The van der Waals surface area contributed by atoms with Gasteiger partial charge >= 0.3 is 0 Å². The number of aromatic nitrogens is 1. The van der Waals surface area contributed by atoms with Gasteiger partial charge in [0.2, 0.25) is 0 Å². The molecule has 1 aliphatic heterocycles. The number of anilines is 1. The van der Waals surface area contributed by atoms with Crippen molar-refractivity contribution in [2.24, 2.45) is 5.41 Å². The fraction of sp³-hybridized carbons (Fsp3) is 0.769. The van der Waals surface area contributed by atoms with E-state index in [-0.39, 0.29) is 24.2 Å². The number of aliphatic hydroxyl groups excluding tert-OH is 2. The summed E-state index contributed by atoms with van der Waals surface area (Å²) in [5, 5.41) is 22.0. The summed E-state index contributed by atoms with van der Waals surface area (Å²) in [5.74, 6) is 0. The number of rotatable bonds is 3. The van der Waals surface area contributed by atoms with E-state index >= 15 is 0 Å². The molecule has 0 aromatic carbocycles. The molecule has 0 radical (unpaired) electrons. The molecule has 2 fully saturated rings. The van der Waals surface area contributed by atoms with Gasteiger partial charge in [-0.15, -0.1) is 11.3 Å². The van der Waals surface area contributed by atoms with Crippen LogP contribution in [-0.2, 0) is 11.3 Å². The topological polar surface area (TPSA) is 65.8 Å². The van der Waals surface area contributed by atoms with E-state index in [4.69, 9.17) is 9.84 Å². The van der Waals surface area contributed by atoms with E-state index in [1.165, 1.54) is 0 Å². The van der Waals surface area contributed by atoms with Crippen LogP contribution in [0.5, 0.6) is 0 Å². The molecule has 1 aromatic heterocycles. The Morgan fingerprint density at radius 2 is 2.26 bits per heavy atom. The molecule has 2 heterocycles. The molecule has 0 amide bonds. The monoisotopic (exact) mass is 284 g/mol. The number of hydrogen-bond donors (Lipinski definition) is 2. The van der Waals surface area contributed by atoms with Crippen molar-refractivity contribution in [2.75, 3.05) is 25.1 Å². The molecule has 1 spiro atoms. The Morgan fingerprint density at radius 3 is 2.79 bits per heavy atom. The van der Waals surface area contributed by atoms with E-state index in [1.807, 2.05) is 5.38 Å². The van der Waals surface area contributed by atoms with Gasteiger partial charge in [0, 0.05) is 37.4 Å². The summed E-state index contributed by atoms with van der Waals surface area (Å²) in [6.07, 6.45) is 2.64. The molecule has 0 unspecified atom stereocenters. The summed E-state index contributed by atoms with van der Waals surface area (Å²) in [4.78, 5) is 6.65. The van der Waals surface area contributed by atoms with Gasteiger partial charge in [-0.1, -0.05) is 0 Å². The van der Waals surface area contributed by atoms with Crippen LogP contribution in [0.15, 0.2) is 5.38 Å². The number of ether oxygens (including phenoxy) is 1. The zero-order chi connectivity index (χ0) is 13.5. The Hall–Kier alpha value is -0.690. The SMILES string of the molecule is CO[C@H]1C[C@@H](O)C12CCN(c1nc(CO)cs1)CC2. The average molecular weight is 284 g/mol. The molecular weight excluding hydrogens is 264 g/mol. The third-order valence-electron chi connectivity index (χ3n) is 4.69. The van der Waals surface area contributed by atoms with Gasteiger partial charge < -0.3 is 19.8 Å². The quantitative estimate of drug-likeness (QED) is 0.867. The maximum absolute atomic E-state index is 10.1. The largest absolute Gasteiger partial charge is 0.392 e. The molecule has 1 aromatic rings. The van der Waals surface area contributed by atoms with Gasteiger partial charge in [0.05, 0.1) is 24.5 Å². The first kappa shape index (κ1) is 13.3. The number of piperidine rings is 1. The molecule has 0 bridgehead atoms. The van der Waals surface area contributed by atoms with Crippen LogP contribution < -0.4 is 4.90 Å². The maximum Gasteiger partial charge on any atom is 0.185 e. The van der Waals surface area contributed by atoms with E-state index in [2.05, 4.69) is 9.88 Å². The number of hydrogen-bond acceptors (Lipinski definition) is 6. The van der Waals surface area contributed by atoms with Gasteiger partial charge in [-0.2, -0.15) is 0 Å². The normalized spacial score (nSPS) is 29.5. The predicted molar refractivity (Wildman–Crippen MR) is 73.3 cm³/mol. The van der Waals surface area contributed by atoms with Crippen molar-refractivity contribution in [3.8, 4) is 0 Å². The molecule has 106 valence electrons. The first-order chi connectivity index (χ1) is 9.19. The summed E-state index contributed by atoms with van der Waals surface area (Å²) in [6, 6.07) is 0. The second kappa shape index (κ2) is 5.01. The lowest BCUT2D eigenvalue weighted by Gasteiger charge is -2.56. The van der Waals surface area contributed by atoms with Crippen LogP contribution in [0.25, 0.3) is 0 Å². The van der Waals surface area contributed by atoms with Gasteiger partial charge in [-0.05, 0) is 12.8 Å². The second-order valence-corrected chi connectivity index (χ2v) is 6.31. The van der Waals surface area contributed by atoms with Crippen LogP contribution in [0.1, 0.15) is 25.0 Å². The molecule has 1 aliphatic carbocycles. The zero-order valence-corrected chi connectivity index (χ0v) is 11.9. The molecule has 1 saturated heterocycles. The van der Waals surface area contributed by atoms with Crippen LogP contribution in [0.2, 0.25) is 0 Å². The van der Waals surface area contributed by atoms with Gasteiger partial charge in [-0.25, -0.2) is 4.98 Å². The van der Waals surface area contributed by atoms with Crippen molar-refractivity contribution in [1.29, 1.82) is 0 Å². The lowest BCUT2D eigenvalue weighted by atomic mass is 9.58. The third-order valence-corrected chi connectivity index (χ3v) is 5.64. The molecule has 2 N–H and O–H groups in total. The van der Waals surface area contributed by atoms with Crippen molar-refractivity contribution in [3.05, 3.63) is 11.1 Å². The highest BCUT2D eigenvalue weighted by molar-refractivity contribution is 7.13. The Kier molecular flexibility index (Phi) is 3.51. The van der Waals surface area contributed by atoms with E-state index in [9.17, 15) is 5.11 Å². The Bertz CT molecular complexity index is 443. The fourth-order valence-electron chi connectivity index (χ4n) is 3.34. The molecule has 3 rings (SSSR count). The fourth-order valence-corrected chi connectivity index (χ4v) is 4.21. The first-order valence-corrected chi connectivity index (χ1v) is 7.58. The summed E-state index contributed by atoms with van der Waals surface area (Å²) in [7, 11) is 1.74. The molecule has 2 atom stereocenters. The summed E-state index contributed by atoms with van der Waals surface area (Å²) in [6.45, 7) is 1.79. The minimum Gasteiger partial charge on any atom is -0.392 e. The number of aliphatic hydroxyl groups is 2. The Morgan fingerprint density at radius 1 is 1.53 bits per heavy atom. The Labute approximate surface area is 116 Å². The summed E-state index contributed by atoms with van der Waals surface area (Å²) in [5.41, 5.74) is 0.696. The summed E-state index contributed by atoms with van der Waals surface area (Å²) >= 11 is 1.57. The lowest BCUT2D eigenvalue weighted by Crippen LogP contribution is -2.62. The van der Waals surface area contributed by atoms with Crippen LogP contribution in [0.3, 0.4) is 0 Å². The van der Waals surface area contributed by atoms with E-state index in [0.29, 0.717) is 0 Å². The summed E-state index contributed by atoms with van der Waals surface area (Å²) < 4.78 is 5.49. The minimum atomic E-state index is -0.219. The van der Waals surface area contributed by atoms with Gasteiger partial charge in [0.15, 0.2) is 5.13 Å². The highest BCUT2D eigenvalue weighted by atomic mass is 32.1. The van der Waals surface area contributed by atoms with Crippen LogP contribution in [0.4, 0.5) is 5.13 Å². The van der Waals surface area contributed by atoms with Crippen molar-refractivity contribution in [2.45, 2.75) is 38.1 Å². The smallest absolute Gasteiger partial charge is 0.185 e. The molecule has 1 saturated carbocycles. The van der Waals surface area contributed by atoms with Crippen LogP contribution in [0, 0.1) is 5.41 Å². The van der Waals surface area contributed by atoms with Gasteiger partial charge in [0.25, 0.3) is 0 Å². The first-order valence-electron chi connectivity index (χ1n) is 6.70. The highest BCUT2D eigenvalue weighted by Crippen LogP contribution is 2.51. The van der Waals surface area contributed by atoms with Gasteiger partial charge in [-0.3, -0.25) is 0 Å². The van der Waals surface area contributed by atoms with Crippen molar-refractivity contribution in [3.63, 3.8) is 0 Å². The number of methoxy groups -OCH3 is 1. The van der Waals surface area contributed by atoms with Crippen LogP contribution in [-0.4, -0.2) is 47.6 Å². The predicted octanol–water partition coefficient (Wildman–Crippen LogP) is 1.00. The number of thiazole rings is 1. The minimum absolute atomic E-state index is 0.00125. The van der Waals surface area contributed by atoms with Crippen molar-refractivity contribution >= 4 is 16.5 Å². The molecular formula is C13H20N2O3S. The standard InChI is InChI=1S/C13H20N2O3S/c1-18-11-6-10(17)13(11)2-4-15(5-3-13)12-14-9(7-16)8-19-12/h8,10-11,16-17H,2-7H2,1H3/t10-,11+/m1/s1.